The highest BCUT2D eigenvalue weighted by Gasteiger charge is 2.35. The van der Waals surface area contributed by atoms with Gasteiger partial charge in [0.15, 0.2) is 5.11 Å². The number of nitrogens with one attached hydrogen (secondary N) is 1. The third-order valence-corrected chi connectivity index (χ3v) is 7.19. The molecule has 2 aliphatic rings. The van der Waals surface area contributed by atoms with E-state index in [-0.39, 0.29) is 12.1 Å². The highest BCUT2D eigenvalue weighted by atomic mass is 32.1. The number of hydrogen-bond donors (Lipinski definition) is 1. The fourth-order valence-electron chi connectivity index (χ4n) is 4.68. The van der Waals surface area contributed by atoms with E-state index in [9.17, 15) is 0 Å². The van der Waals surface area contributed by atoms with Gasteiger partial charge in [0, 0.05) is 17.9 Å². The molecule has 182 valence electrons. The second kappa shape index (κ2) is 9.79. The highest BCUT2D eigenvalue weighted by Crippen LogP contribution is 2.38. The van der Waals surface area contributed by atoms with Gasteiger partial charge in [0.1, 0.15) is 5.75 Å². The smallest absolute Gasteiger partial charge is 0.258 e. The average molecular weight is 491 g/mol. The first-order chi connectivity index (χ1) is 16.9. The van der Waals surface area contributed by atoms with Crippen molar-refractivity contribution in [2.45, 2.75) is 45.8 Å². The van der Waals surface area contributed by atoms with Crippen molar-refractivity contribution in [3.05, 3.63) is 70.7 Å². The van der Waals surface area contributed by atoms with Gasteiger partial charge < -0.3 is 24.2 Å². The van der Waals surface area contributed by atoms with Crippen molar-refractivity contribution in [1.82, 2.24) is 20.4 Å². The Morgan fingerprint density at radius 1 is 1.14 bits per heavy atom. The average Bonchev–Trinajstić information content (AvgIpc) is 3.56. The van der Waals surface area contributed by atoms with Crippen LogP contribution in [0.4, 0.5) is 0 Å². The summed E-state index contributed by atoms with van der Waals surface area (Å²) in [6.45, 7) is 7.79. The molecule has 2 aliphatic heterocycles. The Morgan fingerprint density at radius 3 is 2.74 bits per heavy atom. The summed E-state index contributed by atoms with van der Waals surface area (Å²) < 4.78 is 17.1. The van der Waals surface area contributed by atoms with Gasteiger partial charge in [0.05, 0.1) is 31.4 Å². The van der Waals surface area contributed by atoms with Crippen molar-refractivity contribution >= 4 is 22.9 Å². The van der Waals surface area contributed by atoms with E-state index in [4.69, 9.17) is 31.2 Å². The third kappa shape index (κ3) is 4.68. The van der Waals surface area contributed by atoms with Crippen LogP contribution in [0.3, 0.4) is 0 Å². The Balaban J connectivity index is 1.58. The molecule has 1 aromatic heterocycles. The summed E-state index contributed by atoms with van der Waals surface area (Å²) in [5, 5.41) is 8.52. The molecule has 0 radical (unpaired) electrons. The van der Waals surface area contributed by atoms with Crippen molar-refractivity contribution in [3.8, 4) is 17.1 Å². The van der Waals surface area contributed by atoms with Crippen LogP contribution in [-0.4, -0.2) is 46.5 Å². The van der Waals surface area contributed by atoms with Crippen LogP contribution in [0.15, 0.2) is 52.7 Å². The van der Waals surface area contributed by atoms with Crippen LogP contribution in [-0.2, 0) is 4.74 Å². The lowest BCUT2D eigenvalue weighted by molar-refractivity contribution is 0.0962. The predicted octanol–water partition coefficient (Wildman–Crippen LogP) is 5.20. The Kier molecular flexibility index (Phi) is 6.58. The molecule has 1 saturated heterocycles. The lowest BCUT2D eigenvalue weighted by Crippen LogP contribution is -2.48. The molecule has 1 N–H and O–H groups in total. The number of aryl methyl sites for hydroxylation is 2. The van der Waals surface area contributed by atoms with Crippen LogP contribution in [0.25, 0.3) is 17.0 Å². The van der Waals surface area contributed by atoms with E-state index in [1.165, 1.54) is 11.1 Å². The molecule has 7 nitrogen and oxygen atoms in total. The molecule has 35 heavy (non-hydrogen) atoms. The number of aromatic nitrogens is 2. The molecule has 8 heteroatoms. The summed E-state index contributed by atoms with van der Waals surface area (Å²) in [4.78, 5) is 6.91. The van der Waals surface area contributed by atoms with Crippen LogP contribution in [0.1, 0.15) is 48.4 Å². The minimum atomic E-state index is -0.207. The van der Waals surface area contributed by atoms with Crippen molar-refractivity contribution in [2.75, 3.05) is 20.3 Å². The zero-order valence-corrected chi connectivity index (χ0v) is 21.3. The number of allylic oxidation sites excluding steroid dienone is 1. The van der Waals surface area contributed by atoms with Crippen LogP contribution < -0.4 is 10.1 Å². The van der Waals surface area contributed by atoms with Crippen molar-refractivity contribution in [1.29, 1.82) is 0 Å². The van der Waals surface area contributed by atoms with Crippen molar-refractivity contribution in [3.63, 3.8) is 0 Å². The summed E-state index contributed by atoms with van der Waals surface area (Å²) >= 11 is 5.83. The molecular formula is C27H30N4O3S. The molecule has 3 heterocycles. The minimum Gasteiger partial charge on any atom is -0.497 e. The lowest BCUT2D eigenvalue weighted by atomic mass is 9.92. The van der Waals surface area contributed by atoms with Crippen LogP contribution in [0.5, 0.6) is 5.75 Å². The zero-order chi connectivity index (χ0) is 24.5. The summed E-state index contributed by atoms with van der Waals surface area (Å²) in [6.07, 6.45) is 2.26. The lowest BCUT2D eigenvalue weighted by Gasteiger charge is -2.38. The molecular weight excluding hydrogens is 460 g/mol. The fraction of sp³-hybridized carbons (Fsp3) is 0.370. The molecule has 0 saturated carbocycles. The molecule has 0 spiro atoms. The van der Waals surface area contributed by atoms with E-state index in [1.54, 1.807) is 7.11 Å². The molecule has 0 amide bonds. The topological polar surface area (TPSA) is 72.7 Å². The maximum atomic E-state index is 5.90. The molecule has 2 unspecified atom stereocenters. The summed E-state index contributed by atoms with van der Waals surface area (Å²) in [5.41, 5.74) is 6.30. The maximum Gasteiger partial charge on any atom is 0.258 e. The Hall–Kier alpha value is -3.23. The number of ether oxygens (including phenoxy) is 2. The molecule has 3 aromatic rings. The summed E-state index contributed by atoms with van der Waals surface area (Å²) in [5.74, 6) is 1.72. The standard InChI is InChI=1S/C27H30N4O3S/c1-16-10-11-19(13-17(16)2)24-23(18(3)31(27(35)28-24)15-22-9-6-12-33-22)26-29-25(30-34-26)20-7-5-8-21(14-20)32-4/h5,7-8,10-11,13-14,22,24H,6,9,12,15H2,1-4H3,(H,28,35). The predicted molar refractivity (Wildman–Crippen MR) is 139 cm³/mol. The number of nitrogens with zero attached hydrogens (tertiary/aromatic N) is 3. The van der Waals surface area contributed by atoms with E-state index in [0.717, 1.165) is 47.6 Å². The van der Waals surface area contributed by atoms with E-state index in [1.807, 2.05) is 24.3 Å². The first-order valence-electron chi connectivity index (χ1n) is 11.9. The number of methoxy groups -OCH3 is 1. The second-order valence-electron chi connectivity index (χ2n) is 9.13. The molecule has 0 bridgehead atoms. The highest BCUT2D eigenvalue weighted by molar-refractivity contribution is 7.80. The molecule has 1 fully saturated rings. The van der Waals surface area contributed by atoms with Gasteiger partial charge in [-0.25, -0.2) is 0 Å². The van der Waals surface area contributed by atoms with Crippen molar-refractivity contribution < 1.29 is 14.0 Å². The first kappa shape index (κ1) is 23.5. The van der Waals surface area contributed by atoms with E-state index < -0.39 is 0 Å². The van der Waals surface area contributed by atoms with Gasteiger partial charge in [-0.3, -0.25) is 0 Å². The monoisotopic (exact) mass is 490 g/mol. The number of thiocarbonyl (C=S) groups is 1. The SMILES string of the molecule is COc1cccc(-c2noc(C3=C(C)N(CC4CCCO4)C(=S)NC3c3ccc(C)c(C)c3)n2)c1. The van der Waals surface area contributed by atoms with Gasteiger partial charge >= 0.3 is 0 Å². The summed E-state index contributed by atoms with van der Waals surface area (Å²) in [6, 6.07) is 13.9. The van der Waals surface area contributed by atoms with E-state index in [0.29, 0.717) is 23.4 Å². The molecule has 5 rings (SSSR count). The van der Waals surface area contributed by atoms with Crippen molar-refractivity contribution in [2.24, 2.45) is 0 Å². The zero-order valence-electron chi connectivity index (χ0n) is 20.5. The van der Waals surface area contributed by atoms with Gasteiger partial charge in [0.2, 0.25) is 5.82 Å². The van der Waals surface area contributed by atoms with Gasteiger partial charge in [-0.2, -0.15) is 4.98 Å². The summed E-state index contributed by atoms with van der Waals surface area (Å²) in [7, 11) is 1.64. The Morgan fingerprint density at radius 2 is 2.00 bits per heavy atom. The molecule has 2 atom stereocenters. The Labute approximate surface area is 211 Å². The van der Waals surface area contributed by atoms with Gasteiger partial charge in [-0.15, -0.1) is 0 Å². The normalized spacial score (nSPS) is 20.3. The number of hydrogen-bond acceptors (Lipinski definition) is 6. The minimum absolute atomic E-state index is 0.152. The molecule has 0 aliphatic carbocycles. The first-order valence-corrected chi connectivity index (χ1v) is 12.3. The van der Waals surface area contributed by atoms with Gasteiger partial charge in [0.25, 0.3) is 5.89 Å². The second-order valence-corrected chi connectivity index (χ2v) is 9.51. The number of rotatable bonds is 6. The van der Waals surface area contributed by atoms with Crippen LogP contribution >= 0.6 is 12.2 Å². The quantitative estimate of drug-likeness (QED) is 0.473. The van der Waals surface area contributed by atoms with E-state index >= 15 is 0 Å². The van der Waals surface area contributed by atoms with Gasteiger partial charge in [-0.1, -0.05) is 35.5 Å². The van der Waals surface area contributed by atoms with Crippen LogP contribution in [0.2, 0.25) is 0 Å². The largest absolute Gasteiger partial charge is 0.497 e. The third-order valence-electron chi connectivity index (χ3n) is 6.86. The van der Waals surface area contributed by atoms with E-state index in [2.05, 4.69) is 54.3 Å². The fourth-order valence-corrected chi connectivity index (χ4v) is 5.01. The Bertz CT molecular complexity index is 1280. The maximum absolute atomic E-state index is 5.90. The number of benzene rings is 2. The van der Waals surface area contributed by atoms with Gasteiger partial charge in [-0.05, 0) is 74.7 Å². The van der Waals surface area contributed by atoms with Crippen LogP contribution in [0, 0.1) is 13.8 Å². The molecule has 2 aromatic carbocycles.